The summed E-state index contributed by atoms with van der Waals surface area (Å²) in [5.74, 6) is 0.782. The summed E-state index contributed by atoms with van der Waals surface area (Å²) in [5.41, 5.74) is 3.74. The van der Waals surface area contributed by atoms with E-state index in [1.54, 1.807) is 0 Å². The minimum absolute atomic E-state index is 0.106. The molecule has 0 radical (unpaired) electrons. The predicted molar refractivity (Wildman–Crippen MR) is 123 cm³/mol. The van der Waals surface area contributed by atoms with E-state index in [4.69, 9.17) is 4.52 Å². The standard InChI is InChI=1S/C23H25BrN4O3/c1-14(2)16-4-6-17(7-5-16)23-27-22(31-28-23)11-10-20(29)25-13-21(30)26-19-9-8-18(24)12-15(19)3/h4-9,12,14H,10-11,13H2,1-3H3,(H,25,29)(H,26,30). The Morgan fingerprint density at radius 1 is 1.10 bits per heavy atom. The summed E-state index contributed by atoms with van der Waals surface area (Å²) in [7, 11) is 0. The first kappa shape index (κ1) is 22.7. The molecule has 2 amide bonds. The van der Waals surface area contributed by atoms with E-state index in [2.05, 4.69) is 50.6 Å². The summed E-state index contributed by atoms with van der Waals surface area (Å²) >= 11 is 3.38. The predicted octanol–water partition coefficient (Wildman–Crippen LogP) is 4.62. The number of carbonyl (C=O) groups is 2. The maximum absolute atomic E-state index is 12.1. The Kier molecular flexibility index (Phi) is 7.57. The molecule has 3 aromatic rings. The molecule has 0 fully saturated rings. The SMILES string of the molecule is Cc1cc(Br)ccc1NC(=O)CNC(=O)CCc1nc(-c2ccc(C(C)C)cc2)no1. The third-order valence-electron chi connectivity index (χ3n) is 4.78. The molecule has 0 aliphatic carbocycles. The first-order valence-electron chi connectivity index (χ1n) is 10.1. The van der Waals surface area contributed by atoms with Crippen LogP contribution in [0.5, 0.6) is 0 Å². The number of nitrogens with zero attached hydrogens (tertiary/aromatic N) is 2. The molecule has 0 unspecified atom stereocenters. The van der Waals surface area contributed by atoms with Gasteiger partial charge in [0.2, 0.25) is 23.5 Å². The lowest BCUT2D eigenvalue weighted by molar-refractivity contribution is -0.124. The zero-order chi connectivity index (χ0) is 22.4. The lowest BCUT2D eigenvalue weighted by Crippen LogP contribution is -2.33. The van der Waals surface area contributed by atoms with Gasteiger partial charge >= 0.3 is 0 Å². The fourth-order valence-electron chi connectivity index (χ4n) is 2.94. The summed E-state index contributed by atoms with van der Waals surface area (Å²) in [5, 5.41) is 9.38. The van der Waals surface area contributed by atoms with E-state index in [0.717, 1.165) is 15.6 Å². The minimum atomic E-state index is -0.288. The molecule has 2 N–H and O–H groups in total. The Morgan fingerprint density at radius 2 is 1.84 bits per heavy atom. The van der Waals surface area contributed by atoms with Crippen LogP contribution in [0.2, 0.25) is 0 Å². The van der Waals surface area contributed by atoms with Crippen molar-refractivity contribution in [2.75, 3.05) is 11.9 Å². The van der Waals surface area contributed by atoms with Gasteiger partial charge in [0.15, 0.2) is 0 Å². The van der Waals surface area contributed by atoms with Crippen LogP contribution < -0.4 is 10.6 Å². The fourth-order valence-corrected chi connectivity index (χ4v) is 3.42. The molecule has 0 saturated heterocycles. The van der Waals surface area contributed by atoms with Crippen molar-refractivity contribution in [1.82, 2.24) is 15.5 Å². The highest BCUT2D eigenvalue weighted by atomic mass is 79.9. The highest BCUT2D eigenvalue weighted by molar-refractivity contribution is 9.10. The average Bonchev–Trinajstić information content (AvgIpc) is 3.22. The number of hydrogen-bond donors (Lipinski definition) is 2. The molecule has 0 aliphatic heterocycles. The Hall–Kier alpha value is -3.00. The second-order valence-corrected chi connectivity index (χ2v) is 8.49. The van der Waals surface area contributed by atoms with Gasteiger partial charge in [0.05, 0.1) is 6.54 Å². The molecular formula is C23H25BrN4O3. The van der Waals surface area contributed by atoms with Gasteiger partial charge in [-0.3, -0.25) is 9.59 Å². The van der Waals surface area contributed by atoms with E-state index < -0.39 is 0 Å². The van der Waals surface area contributed by atoms with E-state index in [0.29, 0.717) is 29.7 Å². The van der Waals surface area contributed by atoms with E-state index in [1.807, 2.05) is 49.4 Å². The summed E-state index contributed by atoms with van der Waals surface area (Å²) in [6.45, 7) is 6.07. The average molecular weight is 485 g/mol. The number of anilines is 1. The third-order valence-corrected chi connectivity index (χ3v) is 5.27. The van der Waals surface area contributed by atoms with Crippen LogP contribution >= 0.6 is 15.9 Å². The van der Waals surface area contributed by atoms with Gasteiger partial charge in [-0.15, -0.1) is 0 Å². The Bertz CT molecular complexity index is 1060. The highest BCUT2D eigenvalue weighted by Gasteiger charge is 2.12. The van der Waals surface area contributed by atoms with Crippen molar-refractivity contribution in [1.29, 1.82) is 0 Å². The van der Waals surface area contributed by atoms with E-state index in [1.165, 1.54) is 5.56 Å². The van der Waals surface area contributed by atoms with Crippen LogP contribution in [-0.2, 0) is 16.0 Å². The normalized spacial score (nSPS) is 10.9. The number of rotatable bonds is 8. The molecule has 0 bridgehead atoms. The number of aryl methyl sites for hydroxylation is 2. The number of aromatic nitrogens is 2. The number of benzene rings is 2. The van der Waals surface area contributed by atoms with Crippen LogP contribution in [-0.4, -0.2) is 28.5 Å². The van der Waals surface area contributed by atoms with Gasteiger partial charge in [-0.25, -0.2) is 0 Å². The smallest absolute Gasteiger partial charge is 0.243 e. The van der Waals surface area contributed by atoms with Crippen molar-refractivity contribution in [2.24, 2.45) is 0 Å². The van der Waals surface area contributed by atoms with Crippen LogP contribution in [0.25, 0.3) is 11.4 Å². The third kappa shape index (κ3) is 6.49. The van der Waals surface area contributed by atoms with Gasteiger partial charge in [0.1, 0.15) is 0 Å². The van der Waals surface area contributed by atoms with Crippen molar-refractivity contribution < 1.29 is 14.1 Å². The molecule has 1 heterocycles. The maximum Gasteiger partial charge on any atom is 0.243 e. The molecule has 0 spiro atoms. The van der Waals surface area contributed by atoms with Gasteiger partial charge in [0, 0.05) is 28.6 Å². The number of nitrogens with one attached hydrogen (secondary N) is 2. The van der Waals surface area contributed by atoms with Crippen molar-refractivity contribution >= 4 is 33.4 Å². The molecule has 0 atom stereocenters. The molecule has 162 valence electrons. The lowest BCUT2D eigenvalue weighted by Gasteiger charge is -2.09. The molecule has 8 heteroatoms. The summed E-state index contributed by atoms with van der Waals surface area (Å²) in [6, 6.07) is 13.6. The van der Waals surface area contributed by atoms with Gasteiger partial charge < -0.3 is 15.2 Å². The van der Waals surface area contributed by atoms with E-state index >= 15 is 0 Å². The number of carbonyl (C=O) groups excluding carboxylic acids is 2. The summed E-state index contributed by atoms with van der Waals surface area (Å²) in [6.07, 6.45) is 0.453. The fraction of sp³-hybridized carbons (Fsp3) is 0.304. The Morgan fingerprint density at radius 3 is 2.52 bits per heavy atom. The first-order valence-corrected chi connectivity index (χ1v) is 10.9. The van der Waals surface area contributed by atoms with Crippen LogP contribution in [0.1, 0.15) is 43.2 Å². The zero-order valence-corrected chi connectivity index (χ0v) is 19.3. The Labute approximate surface area is 189 Å². The zero-order valence-electron chi connectivity index (χ0n) is 17.7. The summed E-state index contributed by atoms with van der Waals surface area (Å²) < 4.78 is 6.19. The molecule has 0 aliphatic rings. The topological polar surface area (TPSA) is 97.1 Å². The Balaban J connectivity index is 1.45. The van der Waals surface area contributed by atoms with Crippen molar-refractivity contribution in [3.05, 3.63) is 64.0 Å². The molecule has 1 aromatic heterocycles. The van der Waals surface area contributed by atoms with Gasteiger partial charge in [0.25, 0.3) is 0 Å². The van der Waals surface area contributed by atoms with Crippen LogP contribution in [0.4, 0.5) is 5.69 Å². The molecule has 31 heavy (non-hydrogen) atoms. The van der Waals surface area contributed by atoms with Crippen molar-refractivity contribution in [2.45, 2.75) is 39.5 Å². The molecule has 0 saturated carbocycles. The second kappa shape index (κ2) is 10.3. The van der Waals surface area contributed by atoms with Gasteiger partial charge in [-0.05, 0) is 42.2 Å². The molecule has 3 rings (SSSR count). The maximum atomic E-state index is 12.1. The quantitative estimate of drug-likeness (QED) is 0.486. The monoisotopic (exact) mass is 484 g/mol. The van der Waals surface area contributed by atoms with E-state index in [-0.39, 0.29) is 24.8 Å². The second-order valence-electron chi connectivity index (χ2n) is 7.57. The lowest BCUT2D eigenvalue weighted by atomic mass is 10.0. The molecule has 2 aromatic carbocycles. The largest absolute Gasteiger partial charge is 0.347 e. The minimum Gasteiger partial charge on any atom is -0.347 e. The number of amides is 2. The van der Waals surface area contributed by atoms with Crippen molar-refractivity contribution in [3.8, 4) is 11.4 Å². The van der Waals surface area contributed by atoms with Gasteiger partial charge in [-0.1, -0.05) is 59.2 Å². The highest BCUT2D eigenvalue weighted by Crippen LogP contribution is 2.21. The van der Waals surface area contributed by atoms with E-state index in [9.17, 15) is 9.59 Å². The molecular weight excluding hydrogens is 460 g/mol. The summed E-state index contributed by atoms with van der Waals surface area (Å²) in [4.78, 5) is 28.5. The molecule has 7 nitrogen and oxygen atoms in total. The number of halogens is 1. The van der Waals surface area contributed by atoms with Gasteiger partial charge in [-0.2, -0.15) is 4.98 Å². The number of hydrogen-bond acceptors (Lipinski definition) is 5. The van der Waals surface area contributed by atoms with Crippen LogP contribution in [0.15, 0.2) is 51.5 Å². The first-order chi connectivity index (χ1) is 14.8. The van der Waals surface area contributed by atoms with Crippen molar-refractivity contribution in [3.63, 3.8) is 0 Å². The van der Waals surface area contributed by atoms with Crippen LogP contribution in [0.3, 0.4) is 0 Å². The van der Waals surface area contributed by atoms with Crippen LogP contribution in [0, 0.1) is 6.92 Å².